The molecule has 2 aliphatic carbocycles. The number of carbonyl (C=O) groups excluding carboxylic acids is 1. The average molecular weight is 333 g/mol. The average Bonchev–Trinajstić information content (AvgIpc) is 3.05. The first-order valence-corrected chi connectivity index (χ1v) is 9.44. The molecule has 0 aromatic heterocycles. The molecule has 7 atom stereocenters. The highest BCUT2D eigenvalue weighted by Gasteiger charge is 2.71. The van der Waals surface area contributed by atoms with E-state index in [0.717, 1.165) is 52.1 Å². The van der Waals surface area contributed by atoms with E-state index in [1.807, 2.05) is 0 Å². The zero-order chi connectivity index (χ0) is 16.5. The van der Waals surface area contributed by atoms with E-state index in [1.54, 1.807) is 0 Å². The highest BCUT2D eigenvalue weighted by Crippen LogP contribution is 2.63. The largest absolute Gasteiger partial charge is 0.461 e. The number of fused-ring (bicyclic) bond motifs is 5. The van der Waals surface area contributed by atoms with E-state index in [-0.39, 0.29) is 23.6 Å². The van der Waals surface area contributed by atoms with Crippen LogP contribution in [0.4, 0.5) is 0 Å². The minimum Gasteiger partial charge on any atom is -0.461 e. The van der Waals surface area contributed by atoms with Crippen molar-refractivity contribution in [3.63, 3.8) is 0 Å². The fourth-order valence-electron chi connectivity index (χ4n) is 5.83. The number of morpholine rings is 1. The molecule has 5 aliphatic rings. The van der Waals surface area contributed by atoms with Crippen LogP contribution in [0.2, 0.25) is 0 Å². The first kappa shape index (κ1) is 15.4. The van der Waals surface area contributed by atoms with Gasteiger partial charge in [0.2, 0.25) is 0 Å². The summed E-state index contributed by atoms with van der Waals surface area (Å²) in [6, 6.07) is 0. The molecule has 5 nitrogen and oxygen atoms in total. The number of esters is 1. The van der Waals surface area contributed by atoms with Crippen LogP contribution in [0.5, 0.6) is 0 Å². The van der Waals surface area contributed by atoms with E-state index in [1.165, 1.54) is 5.57 Å². The quantitative estimate of drug-likeness (QED) is 0.437. The zero-order valence-corrected chi connectivity index (χ0v) is 14.4. The maximum absolute atomic E-state index is 12.7. The number of allylic oxidation sites excluding steroid dienone is 1. The zero-order valence-electron chi connectivity index (χ0n) is 14.4. The van der Waals surface area contributed by atoms with Crippen LogP contribution in [0.15, 0.2) is 12.2 Å². The Bertz CT molecular complexity index is 572. The number of epoxide rings is 1. The van der Waals surface area contributed by atoms with Crippen LogP contribution in [0.1, 0.15) is 26.2 Å². The third-order valence-corrected chi connectivity index (χ3v) is 7.27. The summed E-state index contributed by atoms with van der Waals surface area (Å²) in [7, 11) is 0. The van der Waals surface area contributed by atoms with Crippen molar-refractivity contribution in [1.29, 1.82) is 0 Å². The van der Waals surface area contributed by atoms with Gasteiger partial charge >= 0.3 is 5.97 Å². The lowest BCUT2D eigenvalue weighted by molar-refractivity contribution is -0.148. The lowest BCUT2D eigenvalue weighted by atomic mass is 9.77. The van der Waals surface area contributed by atoms with Gasteiger partial charge in [-0.3, -0.25) is 9.69 Å². The molecule has 0 N–H and O–H groups in total. The maximum atomic E-state index is 12.7. The molecule has 5 heteroatoms. The van der Waals surface area contributed by atoms with Crippen molar-refractivity contribution in [2.75, 3.05) is 32.8 Å². The number of hydrogen-bond acceptors (Lipinski definition) is 5. The highest BCUT2D eigenvalue weighted by atomic mass is 16.6. The predicted molar refractivity (Wildman–Crippen MR) is 87.4 cm³/mol. The van der Waals surface area contributed by atoms with E-state index < -0.39 is 0 Å². The summed E-state index contributed by atoms with van der Waals surface area (Å²) in [5.41, 5.74) is 1.27. The van der Waals surface area contributed by atoms with Crippen LogP contribution >= 0.6 is 0 Å². The summed E-state index contributed by atoms with van der Waals surface area (Å²) in [5, 5.41) is 0. The molecule has 3 saturated heterocycles. The minimum absolute atomic E-state index is 0.000972. The third kappa shape index (κ3) is 2.14. The Morgan fingerprint density at radius 2 is 2.12 bits per heavy atom. The molecule has 2 saturated carbocycles. The SMILES string of the molecule is C=C1CC[C@@H]2[C@H](OC(=O)[C@@H]2CN2CCOCC2)[C@@H]2[C@H]1C[C@@H]1O[C@@]21C. The Labute approximate surface area is 143 Å². The van der Waals surface area contributed by atoms with Gasteiger partial charge in [0.15, 0.2) is 0 Å². The summed E-state index contributed by atoms with van der Waals surface area (Å²) in [4.78, 5) is 15.0. The van der Waals surface area contributed by atoms with Crippen LogP contribution in [-0.2, 0) is 19.0 Å². The van der Waals surface area contributed by atoms with E-state index in [9.17, 15) is 4.79 Å². The first-order valence-electron chi connectivity index (χ1n) is 9.44. The van der Waals surface area contributed by atoms with Gasteiger partial charge in [-0.2, -0.15) is 0 Å². The fourth-order valence-corrected chi connectivity index (χ4v) is 5.83. The van der Waals surface area contributed by atoms with Crippen LogP contribution in [0.3, 0.4) is 0 Å². The number of hydrogen-bond donors (Lipinski definition) is 0. The molecule has 0 aromatic rings. The second-order valence-corrected chi connectivity index (χ2v) is 8.44. The van der Waals surface area contributed by atoms with Crippen molar-refractivity contribution in [3.8, 4) is 0 Å². The Morgan fingerprint density at radius 1 is 1.33 bits per heavy atom. The number of rotatable bonds is 2. The number of carbonyl (C=O) groups is 1. The Morgan fingerprint density at radius 3 is 2.92 bits per heavy atom. The van der Waals surface area contributed by atoms with E-state index in [4.69, 9.17) is 14.2 Å². The Hall–Kier alpha value is -0.910. The summed E-state index contributed by atoms with van der Waals surface area (Å²) in [5.74, 6) is 1.10. The number of ether oxygens (including phenoxy) is 3. The van der Waals surface area contributed by atoms with Crippen LogP contribution in [0, 0.1) is 23.7 Å². The Kier molecular flexibility index (Phi) is 3.39. The van der Waals surface area contributed by atoms with Crippen molar-refractivity contribution in [1.82, 2.24) is 4.90 Å². The van der Waals surface area contributed by atoms with Crippen molar-refractivity contribution < 1.29 is 19.0 Å². The molecule has 3 aliphatic heterocycles. The molecule has 0 amide bonds. The lowest BCUT2D eigenvalue weighted by Gasteiger charge is -2.32. The number of nitrogens with zero attached hydrogens (tertiary/aromatic N) is 1. The summed E-state index contributed by atoms with van der Waals surface area (Å²) >= 11 is 0. The van der Waals surface area contributed by atoms with Gasteiger partial charge in [-0.1, -0.05) is 12.2 Å². The smallest absolute Gasteiger partial charge is 0.310 e. The molecule has 5 fully saturated rings. The summed E-state index contributed by atoms with van der Waals surface area (Å²) in [6.45, 7) is 10.8. The van der Waals surface area contributed by atoms with Gasteiger partial charge in [0.1, 0.15) is 6.10 Å². The predicted octanol–water partition coefficient (Wildman–Crippen LogP) is 1.62. The minimum atomic E-state index is -0.0883. The fraction of sp³-hybridized carbons (Fsp3) is 0.842. The van der Waals surface area contributed by atoms with Crippen molar-refractivity contribution in [2.45, 2.75) is 44.0 Å². The van der Waals surface area contributed by atoms with Crippen molar-refractivity contribution >= 4 is 5.97 Å². The van der Waals surface area contributed by atoms with Gasteiger partial charge in [-0.25, -0.2) is 0 Å². The summed E-state index contributed by atoms with van der Waals surface area (Å²) < 4.78 is 17.4. The first-order chi connectivity index (χ1) is 11.6. The van der Waals surface area contributed by atoms with Gasteiger partial charge < -0.3 is 14.2 Å². The Balaban J connectivity index is 1.40. The molecule has 3 heterocycles. The molecule has 24 heavy (non-hydrogen) atoms. The second-order valence-electron chi connectivity index (χ2n) is 8.44. The van der Waals surface area contributed by atoms with Crippen molar-refractivity contribution in [2.24, 2.45) is 23.7 Å². The third-order valence-electron chi connectivity index (χ3n) is 7.27. The van der Waals surface area contributed by atoms with Gasteiger partial charge in [-0.05, 0) is 32.1 Å². The standard InChI is InChI=1S/C19H27NO4/c1-11-3-4-12-14(10-20-5-7-22-8-6-20)18(21)23-17(12)16-13(11)9-15-19(16,2)24-15/h12-17H,1,3-10H2,2H3/t12-,13-,14+,15-,16-,17-,19+/m0/s1. The monoisotopic (exact) mass is 333 g/mol. The van der Waals surface area contributed by atoms with Crippen molar-refractivity contribution in [3.05, 3.63) is 12.2 Å². The van der Waals surface area contributed by atoms with E-state index in [2.05, 4.69) is 18.4 Å². The van der Waals surface area contributed by atoms with Crippen LogP contribution in [0.25, 0.3) is 0 Å². The highest BCUT2D eigenvalue weighted by molar-refractivity contribution is 5.75. The topological polar surface area (TPSA) is 51.3 Å². The van der Waals surface area contributed by atoms with E-state index in [0.29, 0.717) is 23.9 Å². The molecule has 0 radical (unpaired) electrons. The molecule has 0 bridgehead atoms. The summed E-state index contributed by atoms with van der Waals surface area (Å²) in [6.07, 6.45) is 3.49. The molecule has 0 aromatic carbocycles. The van der Waals surface area contributed by atoms with Crippen LogP contribution in [-0.4, -0.2) is 61.5 Å². The molecule has 5 rings (SSSR count). The van der Waals surface area contributed by atoms with Gasteiger partial charge in [-0.15, -0.1) is 0 Å². The molecule has 132 valence electrons. The molecule has 0 unspecified atom stereocenters. The molecular weight excluding hydrogens is 306 g/mol. The molecular formula is C19H27NO4. The molecule has 0 spiro atoms. The maximum Gasteiger partial charge on any atom is 0.310 e. The van der Waals surface area contributed by atoms with Crippen LogP contribution < -0.4 is 0 Å². The lowest BCUT2D eigenvalue weighted by Crippen LogP contribution is -2.43. The van der Waals surface area contributed by atoms with Gasteiger partial charge in [0, 0.05) is 31.5 Å². The van der Waals surface area contributed by atoms with Gasteiger partial charge in [0.25, 0.3) is 0 Å². The van der Waals surface area contributed by atoms with E-state index >= 15 is 0 Å². The second kappa shape index (κ2) is 5.29. The normalized spacial score (nSPS) is 50.7. The van der Waals surface area contributed by atoms with Gasteiger partial charge in [0.05, 0.1) is 30.8 Å².